The number of amides is 1. The second-order valence-corrected chi connectivity index (χ2v) is 7.72. The van der Waals surface area contributed by atoms with Gasteiger partial charge in [-0.3, -0.25) is 4.79 Å². The first-order valence-corrected chi connectivity index (χ1v) is 9.79. The largest absolute Gasteiger partial charge is 0.380 e. The van der Waals surface area contributed by atoms with Gasteiger partial charge in [-0.2, -0.15) is 0 Å². The highest BCUT2D eigenvalue weighted by molar-refractivity contribution is 7.89. The summed E-state index contributed by atoms with van der Waals surface area (Å²) in [7, 11) is -0.419. The van der Waals surface area contributed by atoms with E-state index in [-0.39, 0.29) is 10.8 Å². The lowest BCUT2D eigenvalue weighted by Crippen LogP contribution is -2.23. The van der Waals surface area contributed by atoms with Crippen molar-refractivity contribution in [1.82, 2.24) is 10.0 Å². The topological polar surface area (TPSA) is 84.5 Å². The summed E-state index contributed by atoms with van der Waals surface area (Å²) in [5.41, 5.74) is 3.00. The molecule has 7 heteroatoms. The molecule has 2 rings (SSSR count). The number of ether oxygens (including phenoxy) is 1. The molecule has 0 atom stereocenters. The Bertz CT molecular complexity index is 833. The number of aryl methyl sites for hydroxylation is 1. The van der Waals surface area contributed by atoms with Gasteiger partial charge in [0.15, 0.2) is 0 Å². The van der Waals surface area contributed by atoms with Crippen LogP contribution in [0, 0.1) is 0 Å². The lowest BCUT2D eigenvalue weighted by molar-refractivity contribution is -0.121. The Morgan fingerprint density at radius 1 is 1.04 bits per heavy atom. The van der Waals surface area contributed by atoms with Crippen LogP contribution in [0.1, 0.15) is 23.1 Å². The first-order valence-electron chi connectivity index (χ1n) is 8.31. The van der Waals surface area contributed by atoms with Crippen LogP contribution in [0.15, 0.2) is 53.4 Å². The van der Waals surface area contributed by atoms with Crippen molar-refractivity contribution in [1.29, 1.82) is 0 Å². The third-order valence-electron chi connectivity index (χ3n) is 4.04. The molecule has 0 heterocycles. The first-order chi connectivity index (χ1) is 12.5. The van der Waals surface area contributed by atoms with Crippen molar-refractivity contribution in [2.45, 2.75) is 30.9 Å². The van der Waals surface area contributed by atoms with Crippen LogP contribution in [0.25, 0.3) is 0 Å². The van der Waals surface area contributed by atoms with E-state index in [9.17, 15) is 13.2 Å². The summed E-state index contributed by atoms with van der Waals surface area (Å²) >= 11 is 0. The molecular weight excluding hydrogens is 352 g/mol. The number of carbonyl (C=O) groups is 1. The molecule has 0 unspecified atom stereocenters. The smallest absolute Gasteiger partial charge is 0.240 e. The first kappa shape index (κ1) is 20.1. The monoisotopic (exact) mass is 376 g/mol. The number of hydrogen-bond donors (Lipinski definition) is 2. The zero-order valence-corrected chi connectivity index (χ0v) is 15.8. The molecule has 0 aliphatic heterocycles. The number of sulfonamides is 1. The van der Waals surface area contributed by atoms with Crippen LogP contribution in [0.4, 0.5) is 0 Å². The van der Waals surface area contributed by atoms with E-state index in [1.54, 1.807) is 31.4 Å². The maximum atomic E-state index is 12.1. The Morgan fingerprint density at radius 3 is 2.31 bits per heavy atom. The number of hydrogen-bond acceptors (Lipinski definition) is 4. The van der Waals surface area contributed by atoms with Gasteiger partial charge >= 0.3 is 0 Å². The van der Waals surface area contributed by atoms with Crippen LogP contribution in [-0.4, -0.2) is 28.5 Å². The molecule has 2 aromatic rings. The molecule has 1 amide bonds. The molecule has 0 aliphatic rings. The number of rotatable bonds is 9. The average molecular weight is 376 g/mol. The van der Waals surface area contributed by atoms with E-state index in [0.29, 0.717) is 26.0 Å². The van der Waals surface area contributed by atoms with Gasteiger partial charge in [-0.05, 0) is 42.3 Å². The third-order valence-corrected chi connectivity index (χ3v) is 5.47. The highest BCUT2D eigenvalue weighted by atomic mass is 32.2. The standard InChI is InChI=1S/C19H24N2O4S/c1-20-26(23,24)18-10-7-15(8-11-18)9-12-19(22)21-13-16-5-3-4-6-17(16)14-25-2/h3-8,10-11,20H,9,12-14H2,1-2H3,(H,21,22). The predicted molar refractivity (Wildman–Crippen MR) is 100 cm³/mol. The molecule has 0 radical (unpaired) electrons. The van der Waals surface area contributed by atoms with E-state index in [2.05, 4.69) is 10.0 Å². The molecule has 140 valence electrons. The van der Waals surface area contributed by atoms with E-state index in [4.69, 9.17) is 4.74 Å². The highest BCUT2D eigenvalue weighted by Crippen LogP contribution is 2.12. The Kier molecular flexibility index (Phi) is 7.32. The van der Waals surface area contributed by atoms with Gasteiger partial charge in [-0.1, -0.05) is 36.4 Å². The Balaban J connectivity index is 1.86. The van der Waals surface area contributed by atoms with E-state index in [1.165, 1.54) is 7.05 Å². The molecule has 6 nitrogen and oxygen atoms in total. The molecule has 0 fully saturated rings. The number of carbonyl (C=O) groups excluding carboxylic acids is 1. The highest BCUT2D eigenvalue weighted by Gasteiger charge is 2.11. The summed E-state index contributed by atoms with van der Waals surface area (Å²) in [6, 6.07) is 14.4. The van der Waals surface area contributed by atoms with Gasteiger partial charge in [0.25, 0.3) is 0 Å². The van der Waals surface area contributed by atoms with E-state index in [0.717, 1.165) is 16.7 Å². The average Bonchev–Trinajstić information content (AvgIpc) is 2.66. The summed E-state index contributed by atoms with van der Waals surface area (Å²) in [5, 5.41) is 2.91. The van der Waals surface area contributed by atoms with Gasteiger partial charge in [-0.15, -0.1) is 0 Å². The maximum Gasteiger partial charge on any atom is 0.240 e. The van der Waals surface area contributed by atoms with Gasteiger partial charge in [-0.25, -0.2) is 13.1 Å². The van der Waals surface area contributed by atoms with Gasteiger partial charge in [0, 0.05) is 20.1 Å². The van der Waals surface area contributed by atoms with E-state index in [1.807, 2.05) is 24.3 Å². The Labute approximate surface area is 154 Å². The third kappa shape index (κ3) is 5.66. The predicted octanol–water partition coefficient (Wildman–Crippen LogP) is 1.99. The Hall–Kier alpha value is -2.22. The van der Waals surface area contributed by atoms with Crippen LogP contribution < -0.4 is 10.0 Å². The quantitative estimate of drug-likeness (QED) is 0.701. The van der Waals surface area contributed by atoms with Gasteiger partial charge in [0.1, 0.15) is 0 Å². The number of methoxy groups -OCH3 is 1. The summed E-state index contributed by atoms with van der Waals surface area (Å²) in [6.45, 7) is 0.964. The van der Waals surface area contributed by atoms with E-state index >= 15 is 0 Å². The fraction of sp³-hybridized carbons (Fsp3) is 0.316. The Morgan fingerprint density at radius 2 is 1.69 bits per heavy atom. The van der Waals surface area contributed by atoms with Crippen molar-refractivity contribution < 1.29 is 17.9 Å². The molecule has 0 aliphatic carbocycles. The van der Waals surface area contributed by atoms with Crippen molar-refractivity contribution in [3.05, 3.63) is 65.2 Å². The normalized spacial score (nSPS) is 11.3. The fourth-order valence-electron chi connectivity index (χ4n) is 2.52. The summed E-state index contributed by atoms with van der Waals surface area (Å²) in [5.74, 6) is -0.0517. The minimum absolute atomic E-state index is 0.0517. The molecule has 0 saturated heterocycles. The van der Waals surface area contributed by atoms with Crippen LogP contribution in [0.3, 0.4) is 0 Å². The van der Waals surface area contributed by atoms with Crippen molar-refractivity contribution >= 4 is 15.9 Å². The summed E-state index contributed by atoms with van der Waals surface area (Å²) < 4.78 is 30.8. The zero-order chi connectivity index (χ0) is 19.0. The number of nitrogens with one attached hydrogen (secondary N) is 2. The summed E-state index contributed by atoms with van der Waals surface area (Å²) in [6.07, 6.45) is 0.885. The zero-order valence-electron chi connectivity index (χ0n) is 15.0. The number of benzene rings is 2. The molecular formula is C19H24N2O4S. The van der Waals surface area contributed by atoms with Gasteiger partial charge in [0.05, 0.1) is 11.5 Å². The van der Waals surface area contributed by atoms with Gasteiger partial charge < -0.3 is 10.1 Å². The van der Waals surface area contributed by atoms with Crippen LogP contribution >= 0.6 is 0 Å². The molecule has 0 aromatic heterocycles. The fourth-order valence-corrected chi connectivity index (χ4v) is 3.25. The molecule has 26 heavy (non-hydrogen) atoms. The van der Waals surface area contributed by atoms with Crippen molar-refractivity contribution in [3.8, 4) is 0 Å². The minimum atomic E-state index is -3.43. The van der Waals surface area contributed by atoms with Crippen LogP contribution in [0.2, 0.25) is 0 Å². The van der Waals surface area contributed by atoms with Gasteiger partial charge in [0.2, 0.25) is 15.9 Å². The van der Waals surface area contributed by atoms with Crippen molar-refractivity contribution in [2.24, 2.45) is 0 Å². The second-order valence-electron chi connectivity index (χ2n) is 5.83. The SMILES string of the molecule is CNS(=O)(=O)c1ccc(CCC(=O)NCc2ccccc2COC)cc1. The molecule has 0 spiro atoms. The second kappa shape index (κ2) is 9.47. The van der Waals surface area contributed by atoms with E-state index < -0.39 is 10.0 Å². The minimum Gasteiger partial charge on any atom is -0.380 e. The maximum absolute atomic E-state index is 12.1. The van der Waals surface area contributed by atoms with Crippen LogP contribution in [-0.2, 0) is 39.1 Å². The van der Waals surface area contributed by atoms with Crippen molar-refractivity contribution in [2.75, 3.05) is 14.2 Å². The lowest BCUT2D eigenvalue weighted by Gasteiger charge is -2.10. The molecule has 2 aromatic carbocycles. The van der Waals surface area contributed by atoms with Crippen LogP contribution in [0.5, 0.6) is 0 Å². The molecule has 2 N–H and O–H groups in total. The summed E-state index contributed by atoms with van der Waals surface area (Å²) in [4.78, 5) is 12.3. The lowest BCUT2D eigenvalue weighted by atomic mass is 10.1. The molecule has 0 saturated carbocycles. The molecule has 0 bridgehead atoms. The van der Waals surface area contributed by atoms with Crippen molar-refractivity contribution in [3.63, 3.8) is 0 Å².